The van der Waals surface area contributed by atoms with E-state index in [1.807, 2.05) is 39.1 Å². The summed E-state index contributed by atoms with van der Waals surface area (Å²) in [6.45, 7) is 3.93. The van der Waals surface area contributed by atoms with Crippen LogP contribution in [0.3, 0.4) is 0 Å². The Morgan fingerprint density at radius 3 is 2.25 bits per heavy atom. The Bertz CT molecular complexity index is 472. The van der Waals surface area contributed by atoms with E-state index >= 15 is 0 Å². The molecule has 2 N–H and O–H groups in total. The normalized spacial score (nSPS) is 10.8. The topological polar surface area (TPSA) is 43.8 Å². The Kier molecular flexibility index (Phi) is 4.80. The van der Waals surface area contributed by atoms with Crippen molar-refractivity contribution in [1.29, 1.82) is 0 Å². The number of para-hydroxylation sites is 2. The zero-order chi connectivity index (χ0) is 10.3. The molecule has 0 spiro atoms. The Morgan fingerprint density at radius 1 is 1.19 bits per heavy atom. The molecule has 3 nitrogen and oxygen atoms in total. The first kappa shape index (κ1) is 15.2. The molecule has 0 aliphatic heterocycles. The van der Waals surface area contributed by atoms with E-state index in [0.29, 0.717) is 0 Å². The second kappa shape index (κ2) is 5.04. The minimum atomic E-state index is -0.395. The summed E-state index contributed by atoms with van der Waals surface area (Å²) >= 11 is 0. The highest BCUT2D eigenvalue weighted by Crippen LogP contribution is 2.21. The van der Waals surface area contributed by atoms with Crippen molar-refractivity contribution in [2.45, 2.75) is 19.4 Å². The van der Waals surface area contributed by atoms with Crippen LogP contribution in [0.25, 0.3) is 11.0 Å². The number of halogens is 2. The lowest BCUT2D eigenvalue weighted by atomic mass is 10.1. The van der Waals surface area contributed by atoms with Gasteiger partial charge in [-0.3, -0.25) is 0 Å². The van der Waals surface area contributed by atoms with Crippen molar-refractivity contribution < 1.29 is 0 Å². The maximum absolute atomic E-state index is 6.04. The number of imidazole rings is 1. The first-order chi connectivity index (χ1) is 6.50. The van der Waals surface area contributed by atoms with Crippen LogP contribution in [0.5, 0.6) is 0 Å². The molecule has 0 radical (unpaired) electrons. The first-order valence-corrected chi connectivity index (χ1v) is 4.71. The van der Waals surface area contributed by atoms with Crippen molar-refractivity contribution in [3.63, 3.8) is 0 Å². The summed E-state index contributed by atoms with van der Waals surface area (Å²) < 4.78 is 2.05. The number of aryl methyl sites for hydroxylation is 1. The third-order valence-corrected chi connectivity index (χ3v) is 2.36. The number of hydrogen-bond donors (Lipinski definition) is 1. The average molecular weight is 262 g/mol. The van der Waals surface area contributed by atoms with Crippen LogP contribution < -0.4 is 5.73 Å². The molecule has 1 aromatic carbocycles. The second-order valence-electron chi connectivity index (χ2n) is 4.20. The van der Waals surface area contributed by atoms with Crippen LogP contribution >= 0.6 is 24.8 Å². The van der Waals surface area contributed by atoms with Crippen molar-refractivity contribution in [3.05, 3.63) is 30.1 Å². The first-order valence-electron chi connectivity index (χ1n) is 4.71. The van der Waals surface area contributed by atoms with E-state index in [-0.39, 0.29) is 24.8 Å². The zero-order valence-corrected chi connectivity index (χ0v) is 11.2. The maximum Gasteiger partial charge on any atom is 0.129 e. The van der Waals surface area contributed by atoms with Crippen molar-refractivity contribution in [2.24, 2.45) is 12.8 Å². The molecular formula is C11H17Cl2N3. The van der Waals surface area contributed by atoms with Gasteiger partial charge in [-0.15, -0.1) is 24.8 Å². The highest BCUT2D eigenvalue weighted by Gasteiger charge is 2.21. The number of fused-ring (bicyclic) bond motifs is 1. The Labute approximate surface area is 108 Å². The van der Waals surface area contributed by atoms with E-state index < -0.39 is 5.54 Å². The molecule has 1 heterocycles. The van der Waals surface area contributed by atoms with Gasteiger partial charge in [0.2, 0.25) is 0 Å². The SMILES string of the molecule is Cl.Cl.Cn1c(C(C)(C)N)nc2ccccc21. The lowest BCUT2D eigenvalue weighted by Gasteiger charge is -2.17. The number of rotatable bonds is 1. The van der Waals surface area contributed by atoms with Crippen molar-refractivity contribution in [1.82, 2.24) is 9.55 Å². The number of aromatic nitrogens is 2. The quantitative estimate of drug-likeness (QED) is 0.858. The molecule has 16 heavy (non-hydrogen) atoms. The van der Waals surface area contributed by atoms with E-state index in [1.165, 1.54) is 0 Å². The Morgan fingerprint density at radius 2 is 1.75 bits per heavy atom. The van der Waals surface area contributed by atoms with Crippen LogP contribution in [-0.4, -0.2) is 9.55 Å². The molecule has 0 aliphatic carbocycles. The lowest BCUT2D eigenvalue weighted by molar-refractivity contribution is 0.498. The molecular weight excluding hydrogens is 245 g/mol. The van der Waals surface area contributed by atoms with Crippen molar-refractivity contribution in [3.8, 4) is 0 Å². The van der Waals surface area contributed by atoms with Gasteiger partial charge < -0.3 is 10.3 Å². The third kappa shape index (κ3) is 2.48. The van der Waals surface area contributed by atoms with Crippen molar-refractivity contribution in [2.75, 3.05) is 0 Å². The molecule has 0 atom stereocenters. The predicted octanol–water partition coefficient (Wildman–Crippen LogP) is 2.61. The molecule has 0 saturated carbocycles. The van der Waals surface area contributed by atoms with E-state index in [4.69, 9.17) is 5.73 Å². The minimum Gasteiger partial charge on any atom is -0.330 e. The van der Waals surface area contributed by atoms with Crippen LogP contribution in [0, 0.1) is 0 Å². The molecule has 0 saturated heterocycles. The van der Waals surface area contributed by atoms with E-state index in [9.17, 15) is 0 Å². The lowest BCUT2D eigenvalue weighted by Crippen LogP contribution is -2.32. The van der Waals surface area contributed by atoms with Gasteiger partial charge in [0.05, 0.1) is 16.6 Å². The summed E-state index contributed by atoms with van der Waals surface area (Å²) in [6.07, 6.45) is 0. The van der Waals surface area contributed by atoms with Crippen molar-refractivity contribution >= 4 is 35.8 Å². The largest absolute Gasteiger partial charge is 0.330 e. The summed E-state index contributed by atoms with van der Waals surface area (Å²) in [6, 6.07) is 8.06. The predicted molar refractivity (Wildman–Crippen MR) is 72.4 cm³/mol. The van der Waals surface area contributed by atoms with Gasteiger partial charge in [-0.05, 0) is 26.0 Å². The van der Waals surface area contributed by atoms with Crippen LogP contribution in [0.15, 0.2) is 24.3 Å². The Hall–Kier alpha value is -0.770. The highest BCUT2D eigenvalue weighted by molar-refractivity contribution is 5.85. The average Bonchev–Trinajstić information content (AvgIpc) is 2.44. The molecule has 5 heteroatoms. The van der Waals surface area contributed by atoms with Gasteiger partial charge in [0, 0.05) is 7.05 Å². The van der Waals surface area contributed by atoms with Crippen LogP contribution in [0.4, 0.5) is 0 Å². The fourth-order valence-electron chi connectivity index (χ4n) is 1.72. The fraction of sp³-hybridized carbons (Fsp3) is 0.364. The maximum atomic E-state index is 6.04. The molecule has 0 aliphatic rings. The summed E-state index contributed by atoms with van der Waals surface area (Å²) in [5.74, 6) is 0.915. The van der Waals surface area contributed by atoms with Crippen LogP contribution in [0.2, 0.25) is 0 Å². The zero-order valence-electron chi connectivity index (χ0n) is 9.60. The van der Waals surface area contributed by atoms with Gasteiger partial charge in [0.15, 0.2) is 0 Å². The van der Waals surface area contributed by atoms with Gasteiger partial charge in [0.1, 0.15) is 5.82 Å². The molecule has 0 amide bonds. The fourth-order valence-corrected chi connectivity index (χ4v) is 1.72. The minimum absolute atomic E-state index is 0. The smallest absolute Gasteiger partial charge is 0.129 e. The number of hydrogen-bond acceptors (Lipinski definition) is 2. The number of nitrogens with two attached hydrogens (primary N) is 1. The Balaban J connectivity index is 0.00000112. The third-order valence-electron chi connectivity index (χ3n) is 2.36. The van der Waals surface area contributed by atoms with Gasteiger partial charge in [-0.25, -0.2) is 4.98 Å². The van der Waals surface area contributed by atoms with Gasteiger partial charge in [-0.2, -0.15) is 0 Å². The van der Waals surface area contributed by atoms with Crippen LogP contribution in [0.1, 0.15) is 19.7 Å². The summed E-state index contributed by atoms with van der Waals surface area (Å²) in [5.41, 5.74) is 7.77. The summed E-state index contributed by atoms with van der Waals surface area (Å²) in [7, 11) is 2.00. The molecule has 90 valence electrons. The molecule has 1 aromatic heterocycles. The molecule has 2 aromatic rings. The van der Waals surface area contributed by atoms with Crippen LogP contribution in [-0.2, 0) is 12.6 Å². The number of benzene rings is 1. The molecule has 0 fully saturated rings. The van der Waals surface area contributed by atoms with Gasteiger partial charge in [0.25, 0.3) is 0 Å². The second-order valence-corrected chi connectivity index (χ2v) is 4.20. The highest BCUT2D eigenvalue weighted by atomic mass is 35.5. The summed E-state index contributed by atoms with van der Waals surface area (Å²) in [4.78, 5) is 4.52. The molecule has 0 bridgehead atoms. The monoisotopic (exact) mass is 261 g/mol. The van der Waals surface area contributed by atoms with E-state index in [0.717, 1.165) is 16.9 Å². The van der Waals surface area contributed by atoms with E-state index in [1.54, 1.807) is 0 Å². The standard InChI is InChI=1S/C11H15N3.2ClH/c1-11(2,12)10-13-8-6-4-5-7-9(8)14(10)3;;/h4-7H,12H2,1-3H3;2*1H. The summed E-state index contributed by atoms with van der Waals surface area (Å²) in [5, 5.41) is 0. The number of nitrogens with zero attached hydrogens (tertiary/aromatic N) is 2. The van der Waals surface area contributed by atoms with E-state index in [2.05, 4.69) is 15.6 Å². The molecule has 0 unspecified atom stereocenters. The molecule has 2 rings (SSSR count). The van der Waals surface area contributed by atoms with Gasteiger partial charge >= 0.3 is 0 Å². The van der Waals surface area contributed by atoms with Gasteiger partial charge in [-0.1, -0.05) is 12.1 Å².